The summed E-state index contributed by atoms with van der Waals surface area (Å²) >= 11 is 0. The molecule has 2 aromatic carbocycles. The molecule has 86 valence electrons. The van der Waals surface area contributed by atoms with Crippen LogP contribution in [0.25, 0.3) is 0 Å². The molecule has 0 aromatic heterocycles. The minimum Gasteiger partial charge on any atom is -0.411 e. The van der Waals surface area contributed by atoms with E-state index in [1.54, 1.807) is 0 Å². The van der Waals surface area contributed by atoms with Crippen molar-refractivity contribution in [2.75, 3.05) is 11.9 Å². The molecule has 1 N–H and O–H groups in total. The molecule has 0 unspecified atom stereocenters. The SMILES string of the molecule is CN(c1ccccc1)c1ccccc1/C=N/O. The first-order valence-electron chi connectivity index (χ1n) is 5.38. The van der Waals surface area contributed by atoms with Gasteiger partial charge < -0.3 is 10.1 Å². The van der Waals surface area contributed by atoms with E-state index in [0.29, 0.717) is 0 Å². The van der Waals surface area contributed by atoms with Crippen LogP contribution in [-0.2, 0) is 0 Å². The Hall–Kier alpha value is -2.29. The third-order valence-corrected chi connectivity index (χ3v) is 2.64. The first kappa shape index (κ1) is 11.2. The summed E-state index contributed by atoms with van der Waals surface area (Å²) in [5.74, 6) is 0. The first-order valence-corrected chi connectivity index (χ1v) is 5.38. The maximum Gasteiger partial charge on any atom is 0.0754 e. The molecular weight excluding hydrogens is 212 g/mol. The van der Waals surface area contributed by atoms with Crippen molar-refractivity contribution in [3.63, 3.8) is 0 Å². The van der Waals surface area contributed by atoms with E-state index in [4.69, 9.17) is 5.21 Å². The van der Waals surface area contributed by atoms with Crippen LogP contribution in [0, 0.1) is 0 Å². The van der Waals surface area contributed by atoms with Crippen molar-refractivity contribution in [1.29, 1.82) is 0 Å². The van der Waals surface area contributed by atoms with E-state index in [9.17, 15) is 0 Å². The maximum atomic E-state index is 8.65. The summed E-state index contributed by atoms with van der Waals surface area (Å²) in [6.07, 6.45) is 1.44. The van der Waals surface area contributed by atoms with Gasteiger partial charge in [-0.3, -0.25) is 0 Å². The van der Waals surface area contributed by atoms with Gasteiger partial charge in [0.05, 0.1) is 6.21 Å². The van der Waals surface area contributed by atoms with Crippen molar-refractivity contribution in [2.24, 2.45) is 5.16 Å². The summed E-state index contributed by atoms with van der Waals surface area (Å²) in [7, 11) is 1.99. The van der Waals surface area contributed by atoms with E-state index in [1.165, 1.54) is 6.21 Å². The van der Waals surface area contributed by atoms with Crippen LogP contribution in [-0.4, -0.2) is 18.5 Å². The van der Waals surface area contributed by atoms with E-state index in [1.807, 2.05) is 61.6 Å². The Balaban J connectivity index is 2.40. The minimum atomic E-state index is 0.876. The lowest BCUT2D eigenvalue weighted by Crippen LogP contribution is -2.11. The van der Waals surface area contributed by atoms with Crippen LogP contribution in [0.5, 0.6) is 0 Å². The zero-order valence-corrected chi connectivity index (χ0v) is 9.62. The monoisotopic (exact) mass is 226 g/mol. The Morgan fingerprint density at radius 3 is 2.35 bits per heavy atom. The molecule has 0 bridgehead atoms. The fourth-order valence-corrected chi connectivity index (χ4v) is 1.76. The van der Waals surface area contributed by atoms with Crippen LogP contribution < -0.4 is 4.90 Å². The van der Waals surface area contributed by atoms with Crippen molar-refractivity contribution >= 4 is 17.6 Å². The van der Waals surface area contributed by atoms with Gasteiger partial charge in [-0.2, -0.15) is 0 Å². The predicted octanol–water partition coefficient (Wildman–Crippen LogP) is 3.26. The third-order valence-electron chi connectivity index (χ3n) is 2.64. The lowest BCUT2D eigenvalue weighted by Gasteiger charge is -2.21. The third kappa shape index (κ3) is 2.45. The predicted molar refractivity (Wildman–Crippen MR) is 70.3 cm³/mol. The molecule has 0 saturated heterocycles. The number of rotatable bonds is 3. The Morgan fingerprint density at radius 1 is 1.00 bits per heavy atom. The first-order chi connectivity index (χ1) is 8.33. The van der Waals surface area contributed by atoms with E-state index >= 15 is 0 Å². The summed E-state index contributed by atoms with van der Waals surface area (Å²) in [6, 6.07) is 17.8. The van der Waals surface area contributed by atoms with Crippen molar-refractivity contribution in [2.45, 2.75) is 0 Å². The average molecular weight is 226 g/mol. The maximum absolute atomic E-state index is 8.65. The number of hydrogen-bond donors (Lipinski definition) is 1. The zero-order chi connectivity index (χ0) is 12.1. The minimum absolute atomic E-state index is 0.876. The van der Waals surface area contributed by atoms with Gasteiger partial charge in [0.25, 0.3) is 0 Å². The van der Waals surface area contributed by atoms with Crippen molar-refractivity contribution in [3.05, 3.63) is 60.2 Å². The molecule has 2 rings (SSSR count). The summed E-state index contributed by atoms with van der Waals surface area (Å²) in [6.45, 7) is 0. The molecule has 0 spiro atoms. The van der Waals surface area contributed by atoms with Gasteiger partial charge in [0.1, 0.15) is 0 Å². The van der Waals surface area contributed by atoms with Crippen molar-refractivity contribution < 1.29 is 5.21 Å². The van der Waals surface area contributed by atoms with Crippen LogP contribution >= 0.6 is 0 Å². The topological polar surface area (TPSA) is 35.8 Å². The normalized spacial score (nSPS) is 10.6. The molecule has 0 atom stereocenters. The van der Waals surface area contributed by atoms with Gasteiger partial charge in [-0.1, -0.05) is 41.6 Å². The quantitative estimate of drug-likeness (QED) is 0.495. The molecule has 0 aliphatic heterocycles. The summed E-state index contributed by atoms with van der Waals surface area (Å²) < 4.78 is 0. The summed E-state index contributed by atoms with van der Waals surface area (Å²) in [4.78, 5) is 2.05. The van der Waals surface area contributed by atoms with Crippen LogP contribution in [0.3, 0.4) is 0 Å². The van der Waals surface area contributed by atoms with E-state index in [0.717, 1.165) is 16.9 Å². The lowest BCUT2D eigenvalue weighted by atomic mass is 10.1. The average Bonchev–Trinajstić information content (AvgIpc) is 2.40. The zero-order valence-electron chi connectivity index (χ0n) is 9.62. The molecule has 0 amide bonds. The van der Waals surface area contributed by atoms with Crippen molar-refractivity contribution in [1.82, 2.24) is 0 Å². The Labute approximate surface area is 101 Å². The van der Waals surface area contributed by atoms with Gasteiger partial charge in [-0.25, -0.2) is 0 Å². The summed E-state index contributed by atoms with van der Waals surface area (Å²) in [5, 5.41) is 11.7. The van der Waals surface area contributed by atoms with Gasteiger partial charge in [0.15, 0.2) is 0 Å². The molecule has 17 heavy (non-hydrogen) atoms. The summed E-state index contributed by atoms with van der Waals surface area (Å²) in [5.41, 5.74) is 2.96. The Morgan fingerprint density at radius 2 is 1.65 bits per heavy atom. The largest absolute Gasteiger partial charge is 0.411 e. The van der Waals surface area contributed by atoms with Crippen LogP contribution in [0.2, 0.25) is 0 Å². The highest BCUT2D eigenvalue weighted by Gasteiger charge is 2.06. The highest BCUT2D eigenvalue weighted by molar-refractivity contribution is 5.89. The van der Waals surface area contributed by atoms with Crippen molar-refractivity contribution in [3.8, 4) is 0 Å². The van der Waals surface area contributed by atoms with E-state index in [2.05, 4.69) is 10.1 Å². The second-order valence-corrected chi connectivity index (χ2v) is 3.70. The molecule has 0 aliphatic rings. The number of para-hydroxylation sites is 2. The number of anilines is 2. The smallest absolute Gasteiger partial charge is 0.0754 e. The van der Waals surface area contributed by atoms with Gasteiger partial charge in [0.2, 0.25) is 0 Å². The van der Waals surface area contributed by atoms with E-state index < -0.39 is 0 Å². The molecule has 0 saturated carbocycles. The van der Waals surface area contributed by atoms with Gasteiger partial charge >= 0.3 is 0 Å². The fourth-order valence-electron chi connectivity index (χ4n) is 1.76. The molecule has 0 aliphatic carbocycles. The molecule has 0 fully saturated rings. The van der Waals surface area contributed by atoms with Crippen LogP contribution in [0.15, 0.2) is 59.8 Å². The van der Waals surface area contributed by atoms with Gasteiger partial charge in [0, 0.05) is 24.0 Å². The van der Waals surface area contributed by atoms with Crippen LogP contribution in [0.1, 0.15) is 5.56 Å². The molecular formula is C14H14N2O. The number of hydrogen-bond acceptors (Lipinski definition) is 3. The number of oxime groups is 1. The highest BCUT2D eigenvalue weighted by atomic mass is 16.4. The molecule has 3 heteroatoms. The van der Waals surface area contributed by atoms with Gasteiger partial charge in [-0.15, -0.1) is 0 Å². The Kier molecular flexibility index (Phi) is 3.40. The fraction of sp³-hybridized carbons (Fsp3) is 0.0714. The second kappa shape index (κ2) is 5.16. The second-order valence-electron chi connectivity index (χ2n) is 3.70. The van der Waals surface area contributed by atoms with Gasteiger partial charge in [-0.05, 0) is 18.2 Å². The molecule has 0 radical (unpaired) electrons. The highest BCUT2D eigenvalue weighted by Crippen LogP contribution is 2.25. The molecule has 2 aromatic rings. The standard InChI is InChI=1S/C14H14N2O/c1-16(13-8-3-2-4-9-13)14-10-6-5-7-12(14)11-15-17/h2-11,17H,1H3/b15-11+. The molecule has 3 nitrogen and oxygen atoms in total. The number of benzene rings is 2. The Bertz CT molecular complexity index is 509. The van der Waals surface area contributed by atoms with Crippen LogP contribution in [0.4, 0.5) is 11.4 Å². The number of nitrogens with zero attached hydrogens (tertiary/aromatic N) is 2. The lowest BCUT2D eigenvalue weighted by molar-refractivity contribution is 0.322. The molecule has 0 heterocycles. The van der Waals surface area contributed by atoms with E-state index in [-0.39, 0.29) is 0 Å².